The van der Waals surface area contributed by atoms with Gasteiger partial charge in [0, 0.05) is 10.6 Å². The molecule has 5 heteroatoms. The number of nitrogens with one attached hydrogen (secondary N) is 1. The molecule has 0 atom stereocenters. The second-order valence-corrected chi connectivity index (χ2v) is 4.64. The molecular formula is C14H12ClN3O. The summed E-state index contributed by atoms with van der Waals surface area (Å²) in [6.45, 7) is 0. The van der Waals surface area contributed by atoms with Crippen LogP contribution in [0, 0.1) is 0 Å². The molecule has 96 valence electrons. The Morgan fingerprint density at radius 1 is 1.21 bits per heavy atom. The van der Waals surface area contributed by atoms with Crippen molar-refractivity contribution in [2.45, 2.75) is 0 Å². The molecule has 0 saturated carbocycles. The van der Waals surface area contributed by atoms with E-state index in [9.17, 15) is 0 Å². The van der Waals surface area contributed by atoms with E-state index in [1.165, 1.54) is 0 Å². The average molecular weight is 274 g/mol. The van der Waals surface area contributed by atoms with Gasteiger partial charge in [-0.15, -0.1) is 0 Å². The minimum Gasteiger partial charge on any atom is -0.495 e. The summed E-state index contributed by atoms with van der Waals surface area (Å²) >= 11 is 5.96. The summed E-state index contributed by atoms with van der Waals surface area (Å²) in [6, 6.07) is 11.1. The standard InChI is InChI=1S/C14H12ClN3O/c1-19-13-6-8(2-4-10(13)16)14-17-11-5-3-9(15)7-12(11)18-14/h2-7H,16H2,1H3,(H,17,18). The number of halogens is 1. The number of hydrogen-bond acceptors (Lipinski definition) is 3. The molecule has 0 aliphatic rings. The smallest absolute Gasteiger partial charge is 0.142 e. The van der Waals surface area contributed by atoms with Crippen LogP contribution in [0.15, 0.2) is 36.4 Å². The SMILES string of the molecule is COc1cc(-c2nc3ccc(Cl)cc3[nH]2)ccc1N. The van der Waals surface area contributed by atoms with E-state index in [0.717, 1.165) is 22.4 Å². The molecule has 1 aromatic heterocycles. The quantitative estimate of drug-likeness (QED) is 0.703. The average Bonchev–Trinajstić information content (AvgIpc) is 2.82. The summed E-state index contributed by atoms with van der Waals surface area (Å²) in [5.41, 5.74) is 9.09. The number of H-pyrrole nitrogens is 1. The van der Waals surface area contributed by atoms with Crippen molar-refractivity contribution < 1.29 is 4.74 Å². The van der Waals surface area contributed by atoms with Crippen molar-refractivity contribution in [2.75, 3.05) is 12.8 Å². The molecule has 0 spiro atoms. The predicted octanol–water partition coefficient (Wildman–Crippen LogP) is 3.47. The van der Waals surface area contributed by atoms with Crippen LogP contribution in [0.25, 0.3) is 22.4 Å². The van der Waals surface area contributed by atoms with Crippen molar-refractivity contribution in [2.24, 2.45) is 0 Å². The molecule has 0 fully saturated rings. The van der Waals surface area contributed by atoms with Crippen LogP contribution < -0.4 is 10.5 Å². The topological polar surface area (TPSA) is 63.9 Å². The Morgan fingerprint density at radius 3 is 2.84 bits per heavy atom. The van der Waals surface area contributed by atoms with Crippen molar-refractivity contribution in [3.63, 3.8) is 0 Å². The number of nitrogen functional groups attached to an aromatic ring is 1. The maximum absolute atomic E-state index is 5.96. The van der Waals surface area contributed by atoms with Gasteiger partial charge in [-0.1, -0.05) is 11.6 Å². The summed E-state index contributed by atoms with van der Waals surface area (Å²) in [7, 11) is 1.59. The summed E-state index contributed by atoms with van der Waals surface area (Å²) < 4.78 is 5.21. The Hall–Kier alpha value is -2.20. The first-order chi connectivity index (χ1) is 9.17. The zero-order valence-corrected chi connectivity index (χ0v) is 11.0. The fraction of sp³-hybridized carbons (Fsp3) is 0.0714. The lowest BCUT2D eigenvalue weighted by molar-refractivity contribution is 0.417. The Bertz CT molecular complexity index is 752. The molecule has 0 unspecified atom stereocenters. The molecule has 0 aliphatic heterocycles. The highest BCUT2D eigenvalue weighted by Crippen LogP contribution is 2.29. The number of anilines is 1. The number of methoxy groups -OCH3 is 1. The van der Waals surface area contributed by atoms with Gasteiger partial charge in [-0.3, -0.25) is 0 Å². The molecule has 0 bridgehead atoms. The Labute approximate surface area is 115 Å². The highest BCUT2D eigenvalue weighted by Gasteiger charge is 2.08. The molecule has 0 aliphatic carbocycles. The number of aromatic amines is 1. The van der Waals surface area contributed by atoms with Crippen LogP contribution in [0.2, 0.25) is 5.02 Å². The number of benzene rings is 2. The number of ether oxygens (including phenoxy) is 1. The zero-order chi connectivity index (χ0) is 13.4. The van der Waals surface area contributed by atoms with Crippen LogP contribution in [0.3, 0.4) is 0 Å². The fourth-order valence-corrected chi connectivity index (χ4v) is 2.15. The molecule has 4 nitrogen and oxygen atoms in total. The van der Waals surface area contributed by atoms with Gasteiger partial charge in [0.05, 0.1) is 23.8 Å². The largest absolute Gasteiger partial charge is 0.495 e. The zero-order valence-electron chi connectivity index (χ0n) is 10.3. The fourth-order valence-electron chi connectivity index (χ4n) is 1.98. The summed E-state index contributed by atoms with van der Waals surface area (Å²) in [5.74, 6) is 1.39. The predicted molar refractivity (Wildman–Crippen MR) is 77.5 cm³/mol. The first-order valence-electron chi connectivity index (χ1n) is 5.76. The van der Waals surface area contributed by atoms with Gasteiger partial charge in [-0.25, -0.2) is 4.98 Å². The van der Waals surface area contributed by atoms with E-state index in [1.54, 1.807) is 13.2 Å². The van der Waals surface area contributed by atoms with E-state index in [4.69, 9.17) is 22.1 Å². The van der Waals surface area contributed by atoms with Crippen LogP contribution in [0.1, 0.15) is 0 Å². The molecular weight excluding hydrogens is 262 g/mol. The maximum atomic E-state index is 5.96. The molecule has 19 heavy (non-hydrogen) atoms. The van der Waals surface area contributed by atoms with E-state index in [1.807, 2.05) is 30.3 Å². The van der Waals surface area contributed by atoms with Crippen LogP contribution in [0.4, 0.5) is 5.69 Å². The highest BCUT2D eigenvalue weighted by molar-refractivity contribution is 6.31. The monoisotopic (exact) mass is 273 g/mol. The van der Waals surface area contributed by atoms with E-state index in [2.05, 4.69) is 9.97 Å². The van der Waals surface area contributed by atoms with Gasteiger partial charge < -0.3 is 15.5 Å². The number of nitrogens with two attached hydrogens (primary N) is 1. The summed E-state index contributed by atoms with van der Waals surface area (Å²) in [6.07, 6.45) is 0. The number of hydrogen-bond donors (Lipinski definition) is 2. The van der Waals surface area contributed by atoms with E-state index >= 15 is 0 Å². The number of aromatic nitrogens is 2. The molecule has 0 radical (unpaired) electrons. The molecule has 2 aromatic carbocycles. The van der Waals surface area contributed by atoms with Crippen LogP contribution in [-0.2, 0) is 0 Å². The molecule has 0 saturated heterocycles. The first kappa shape index (κ1) is 11.9. The third-order valence-corrected chi connectivity index (χ3v) is 3.19. The van der Waals surface area contributed by atoms with Crippen molar-refractivity contribution in [3.8, 4) is 17.1 Å². The van der Waals surface area contributed by atoms with Gasteiger partial charge in [0.1, 0.15) is 11.6 Å². The third kappa shape index (κ3) is 2.11. The van der Waals surface area contributed by atoms with Gasteiger partial charge in [0.15, 0.2) is 0 Å². The Kier molecular flexibility index (Phi) is 2.80. The lowest BCUT2D eigenvalue weighted by Crippen LogP contribution is -1.92. The van der Waals surface area contributed by atoms with E-state index in [0.29, 0.717) is 16.5 Å². The minimum atomic E-state index is 0.602. The minimum absolute atomic E-state index is 0.602. The number of rotatable bonds is 2. The lowest BCUT2D eigenvalue weighted by Gasteiger charge is -2.05. The molecule has 0 amide bonds. The number of imidazole rings is 1. The lowest BCUT2D eigenvalue weighted by atomic mass is 10.2. The highest BCUT2D eigenvalue weighted by atomic mass is 35.5. The normalized spacial score (nSPS) is 10.8. The molecule has 3 rings (SSSR count). The third-order valence-electron chi connectivity index (χ3n) is 2.95. The van der Waals surface area contributed by atoms with E-state index < -0.39 is 0 Å². The van der Waals surface area contributed by atoms with Crippen LogP contribution >= 0.6 is 11.6 Å². The van der Waals surface area contributed by atoms with Crippen molar-refractivity contribution in [1.29, 1.82) is 0 Å². The van der Waals surface area contributed by atoms with Gasteiger partial charge in [0.25, 0.3) is 0 Å². The second-order valence-electron chi connectivity index (χ2n) is 4.20. The first-order valence-corrected chi connectivity index (χ1v) is 6.14. The van der Waals surface area contributed by atoms with Crippen LogP contribution in [0.5, 0.6) is 5.75 Å². The number of nitrogens with zero attached hydrogens (tertiary/aromatic N) is 1. The van der Waals surface area contributed by atoms with Gasteiger partial charge in [0.2, 0.25) is 0 Å². The molecule has 3 N–H and O–H groups in total. The van der Waals surface area contributed by atoms with Crippen molar-refractivity contribution in [1.82, 2.24) is 9.97 Å². The second kappa shape index (κ2) is 4.48. The van der Waals surface area contributed by atoms with E-state index in [-0.39, 0.29) is 0 Å². The van der Waals surface area contributed by atoms with Gasteiger partial charge in [-0.05, 0) is 36.4 Å². The Balaban J connectivity index is 2.13. The molecule has 1 heterocycles. The van der Waals surface area contributed by atoms with Crippen LogP contribution in [-0.4, -0.2) is 17.1 Å². The summed E-state index contributed by atoms with van der Waals surface area (Å²) in [4.78, 5) is 7.75. The molecule has 3 aromatic rings. The summed E-state index contributed by atoms with van der Waals surface area (Å²) in [5, 5.41) is 0.678. The number of fused-ring (bicyclic) bond motifs is 1. The van der Waals surface area contributed by atoms with Crippen molar-refractivity contribution >= 4 is 28.3 Å². The van der Waals surface area contributed by atoms with Gasteiger partial charge in [-0.2, -0.15) is 0 Å². The van der Waals surface area contributed by atoms with Crippen molar-refractivity contribution in [3.05, 3.63) is 41.4 Å². The maximum Gasteiger partial charge on any atom is 0.142 e. The van der Waals surface area contributed by atoms with Gasteiger partial charge >= 0.3 is 0 Å². The Morgan fingerprint density at radius 2 is 2.05 bits per heavy atom.